The third-order valence-corrected chi connectivity index (χ3v) is 2.91. The molecule has 0 fully saturated rings. The minimum Gasteiger partial charge on any atom is -0.504 e. The van der Waals surface area contributed by atoms with Crippen molar-refractivity contribution in [3.05, 3.63) is 48.0 Å². The molecule has 4 nitrogen and oxygen atoms in total. The number of anilines is 2. The molecule has 100 valence electrons. The second kappa shape index (κ2) is 5.52. The summed E-state index contributed by atoms with van der Waals surface area (Å²) in [5.74, 6) is -0.197. The zero-order valence-electron chi connectivity index (χ0n) is 11.1. The van der Waals surface area contributed by atoms with Crippen LogP contribution in [-0.2, 0) is 6.54 Å². The van der Waals surface area contributed by atoms with Crippen LogP contribution in [0.15, 0.2) is 42.5 Å². The van der Waals surface area contributed by atoms with Gasteiger partial charge in [-0.15, -0.1) is 0 Å². The van der Waals surface area contributed by atoms with Crippen molar-refractivity contribution in [2.24, 2.45) is 0 Å². The van der Waals surface area contributed by atoms with Crippen LogP contribution in [0.5, 0.6) is 11.5 Å². The van der Waals surface area contributed by atoms with E-state index in [1.165, 1.54) is 6.07 Å². The molecule has 0 spiro atoms. The molecule has 0 unspecified atom stereocenters. The molecule has 0 amide bonds. The number of nitrogens with zero attached hydrogens (tertiary/aromatic N) is 1. The van der Waals surface area contributed by atoms with Crippen molar-refractivity contribution in [1.82, 2.24) is 0 Å². The lowest BCUT2D eigenvalue weighted by molar-refractivity contribution is 0.403. The van der Waals surface area contributed by atoms with Crippen molar-refractivity contribution in [3.63, 3.8) is 0 Å². The van der Waals surface area contributed by atoms with Gasteiger partial charge in [0.1, 0.15) is 0 Å². The van der Waals surface area contributed by atoms with Gasteiger partial charge >= 0.3 is 0 Å². The molecule has 0 saturated carbocycles. The normalized spacial score (nSPS) is 10.2. The zero-order valence-corrected chi connectivity index (χ0v) is 11.1. The predicted octanol–water partition coefficient (Wildman–Crippen LogP) is 2.78. The van der Waals surface area contributed by atoms with Crippen LogP contribution in [0.25, 0.3) is 0 Å². The Kier molecular flexibility index (Phi) is 3.80. The summed E-state index contributed by atoms with van der Waals surface area (Å²) in [7, 11) is 3.99. The molecule has 3 N–H and O–H groups in total. The highest BCUT2D eigenvalue weighted by Crippen LogP contribution is 2.27. The summed E-state index contributed by atoms with van der Waals surface area (Å²) in [6, 6.07) is 12.8. The van der Waals surface area contributed by atoms with Crippen molar-refractivity contribution in [2.45, 2.75) is 6.54 Å². The highest BCUT2D eigenvalue weighted by molar-refractivity contribution is 5.69. The molecule has 0 aliphatic heterocycles. The van der Waals surface area contributed by atoms with E-state index in [-0.39, 0.29) is 11.5 Å². The van der Waals surface area contributed by atoms with Gasteiger partial charge in [0.15, 0.2) is 11.5 Å². The van der Waals surface area contributed by atoms with Gasteiger partial charge in [0.05, 0.1) is 11.4 Å². The highest BCUT2D eigenvalue weighted by atomic mass is 16.3. The number of aromatic hydroxyl groups is 2. The minimum absolute atomic E-state index is 0.0970. The first kappa shape index (κ1) is 13.1. The van der Waals surface area contributed by atoms with Crippen molar-refractivity contribution < 1.29 is 10.2 Å². The third-order valence-electron chi connectivity index (χ3n) is 2.91. The number of phenols is 2. The maximum atomic E-state index is 9.45. The molecule has 0 aromatic heterocycles. The van der Waals surface area contributed by atoms with Crippen LogP contribution >= 0.6 is 0 Å². The molecule has 0 saturated heterocycles. The van der Waals surface area contributed by atoms with E-state index in [9.17, 15) is 10.2 Å². The number of phenolic OH excluding ortho intramolecular Hbond substituents is 2. The summed E-state index contributed by atoms with van der Waals surface area (Å²) in [5, 5.41) is 22.0. The van der Waals surface area contributed by atoms with E-state index in [2.05, 4.69) is 5.32 Å². The van der Waals surface area contributed by atoms with E-state index in [4.69, 9.17) is 0 Å². The number of hydrogen-bond acceptors (Lipinski definition) is 4. The average molecular weight is 258 g/mol. The maximum absolute atomic E-state index is 9.45. The number of nitrogens with one attached hydrogen (secondary N) is 1. The van der Waals surface area contributed by atoms with E-state index in [1.54, 1.807) is 12.1 Å². The van der Waals surface area contributed by atoms with E-state index in [0.29, 0.717) is 6.54 Å². The van der Waals surface area contributed by atoms with Gasteiger partial charge in [0.2, 0.25) is 0 Å². The Balaban J connectivity index is 2.12. The molecular formula is C15H18N2O2. The fraction of sp³-hybridized carbons (Fsp3) is 0.200. The fourth-order valence-electron chi connectivity index (χ4n) is 1.89. The molecule has 2 aromatic rings. The van der Waals surface area contributed by atoms with E-state index in [1.807, 2.05) is 43.3 Å². The molecule has 0 heterocycles. The van der Waals surface area contributed by atoms with Crippen molar-refractivity contribution in [1.29, 1.82) is 0 Å². The Labute approximate surface area is 112 Å². The lowest BCUT2D eigenvalue weighted by Gasteiger charge is -2.18. The summed E-state index contributed by atoms with van der Waals surface area (Å²) in [6.07, 6.45) is 0. The van der Waals surface area contributed by atoms with Crippen LogP contribution in [0.4, 0.5) is 11.4 Å². The Hall–Kier alpha value is -2.36. The number of hydrogen-bond donors (Lipinski definition) is 3. The first-order chi connectivity index (χ1) is 9.08. The van der Waals surface area contributed by atoms with Crippen LogP contribution in [0.3, 0.4) is 0 Å². The summed E-state index contributed by atoms with van der Waals surface area (Å²) < 4.78 is 0. The molecule has 4 heteroatoms. The quantitative estimate of drug-likeness (QED) is 0.738. The summed E-state index contributed by atoms with van der Waals surface area (Å²) in [5.41, 5.74) is 3.04. The van der Waals surface area contributed by atoms with Crippen LogP contribution in [0.2, 0.25) is 0 Å². The lowest BCUT2D eigenvalue weighted by Crippen LogP contribution is -2.12. The van der Waals surface area contributed by atoms with E-state index in [0.717, 1.165) is 16.9 Å². The van der Waals surface area contributed by atoms with Gasteiger partial charge in [0, 0.05) is 20.6 Å². The van der Waals surface area contributed by atoms with Crippen molar-refractivity contribution >= 4 is 11.4 Å². The Bertz CT molecular complexity index is 568. The lowest BCUT2D eigenvalue weighted by atomic mass is 10.2. The Morgan fingerprint density at radius 1 is 1.00 bits per heavy atom. The van der Waals surface area contributed by atoms with Gasteiger partial charge in [-0.2, -0.15) is 0 Å². The topological polar surface area (TPSA) is 55.7 Å². The number of para-hydroxylation sites is 2. The Morgan fingerprint density at radius 2 is 1.74 bits per heavy atom. The van der Waals surface area contributed by atoms with Crippen LogP contribution < -0.4 is 10.2 Å². The highest BCUT2D eigenvalue weighted by Gasteiger charge is 2.04. The monoisotopic (exact) mass is 258 g/mol. The van der Waals surface area contributed by atoms with Gasteiger partial charge in [-0.3, -0.25) is 0 Å². The predicted molar refractivity (Wildman–Crippen MR) is 77.9 cm³/mol. The molecular weight excluding hydrogens is 240 g/mol. The molecule has 0 bridgehead atoms. The summed E-state index contributed by atoms with van der Waals surface area (Å²) in [6.45, 7) is 0.582. The molecule has 2 rings (SSSR count). The largest absolute Gasteiger partial charge is 0.504 e. The third kappa shape index (κ3) is 3.10. The number of rotatable bonds is 4. The number of benzene rings is 2. The average Bonchev–Trinajstić information content (AvgIpc) is 2.40. The van der Waals surface area contributed by atoms with Gasteiger partial charge in [-0.25, -0.2) is 0 Å². The molecule has 0 radical (unpaired) electrons. The first-order valence-corrected chi connectivity index (χ1v) is 6.09. The van der Waals surface area contributed by atoms with E-state index < -0.39 is 0 Å². The summed E-state index contributed by atoms with van der Waals surface area (Å²) >= 11 is 0. The smallest absolute Gasteiger partial charge is 0.157 e. The Morgan fingerprint density at radius 3 is 2.42 bits per heavy atom. The van der Waals surface area contributed by atoms with Gasteiger partial charge in [0.25, 0.3) is 0 Å². The van der Waals surface area contributed by atoms with Crippen LogP contribution in [0, 0.1) is 0 Å². The van der Waals surface area contributed by atoms with E-state index >= 15 is 0 Å². The maximum Gasteiger partial charge on any atom is 0.157 e. The molecule has 0 aliphatic carbocycles. The minimum atomic E-state index is -0.0996. The zero-order chi connectivity index (χ0) is 13.8. The first-order valence-electron chi connectivity index (χ1n) is 6.09. The van der Waals surface area contributed by atoms with Crippen LogP contribution in [-0.4, -0.2) is 24.3 Å². The molecule has 0 aliphatic rings. The standard InChI is InChI=1S/C15H18N2O2/c1-17(2)13-6-4-3-5-12(13)16-10-11-7-8-14(18)15(19)9-11/h3-9,16,18-19H,10H2,1-2H3. The molecule has 19 heavy (non-hydrogen) atoms. The van der Waals surface area contributed by atoms with Crippen LogP contribution in [0.1, 0.15) is 5.56 Å². The van der Waals surface area contributed by atoms with Crippen molar-refractivity contribution in [2.75, 3.05) is 24.3 Å². The second-order valence-electron chi connectivity index (χ2n) is 4.59. The van der Waals surface area contributed by atoms with Crippen molar-refractivity contribution in [3.8, 4) is 11.5 Å². The SMILES string of the molecule is CN(C)c1ccccc1NCc1ccc(O)c(O)c1. The molecule has 0 atom stereocenters. The second-order valence-corrected chi connectivity index (χ2v) is 4.59. The van der Waals surface area contributed by atoms with Gasteiger partial charge in [-0.05, 0) is 29.8 Å². The van der Waals surface area contributed by atoms with Gasteiger partial charge in [-0.1, -0.05) is 18.2 Å². The fourth-order valence-corrected chi connectivity index (χ4v) is 1.89. The summed E-state index contributed by atoms with van der Waals surface area (Å²) in [4.78, 5) is 2.04. The molecule has 2 aromatic carbocycles. The van der Waals surface area contributed by atoms with Gasteiger partial charge < -0.3 is 20.4 Å².